The molecule has 3 aromatic heterocycles. The number of halogens is 1. The van der Waals surface area contributed by atoms with Crippen LogP contribution in [0.3, 0.4) is 0 Å². The van der Waals surface area contributed by atoms with Crippen molar-refractivity contribution in [3.63, 3.8) is 0 Å². The Labute approximate surface area is 187 Å². The van der Waals surface area contributed by atoms with Gasteiger partial charge in [-0.25, -0.2) is 4.98 Å². The van der Waals surface area contributed by atoms with Crippen LogP contribution in [-0.2, 0) is 0 Å². The number of aliphatic hydroxyl groups is 1. The van der Waals surface area contributed by atoms with Crippen molar-refractivity contribution < 1.29 is 19.4 Å². The van der Waals surface area contributed by atoms with E-state index in [9.17, 15) is 9.90 Å². The normalized spacial score (nSPS) is 18.1. The number of aryl methyl sites for hydroxylation is 1. The Balaban J connectivity index is 1.57. The van der Waals surface area contributed by atoms with E-state index in [-0.39, 0.29) is 17.4 Å². The zero-order chi connectivity index (χ0) is 22.0. The number of aromatic nitrogens is 4. The van der Waals surface area contributed by atoms with E-state index in [0.717, 1.165) is 23.5 Å². The van der Waals surface area contributed by atoms with E-state index in [1.165, 1.54) is 19.5 Å². The van der Waals surface area contributed by atoms with Crippen molar-refractivity contribution in [1.29, 1.82) is 0 Å². The second-order valence-electron chi connectivity index (χ2n) is 7.11. The molecule has 3 aromatic rings. The third kappa shape index (κ3) is 4.92. The summed E-state index contributed by atoms with van der Waals surface area (Å²) in [5, 5.41) is 21.2. The molecule has 0 aliphatic heterocycles. The van der Waals surface area contributed by atoms with E-state index in [1.54, 1.807) is 12.1 Å². The highest BCUT2D eigenvalue weighted by atomic mass is 35.5. The van der Waals surface area contributed by atoms with Gasteiger partial charge in [-0.05, 0) is 43.2 Å². The zero-order valence-electron chi connectivity index (χ0n) is 16.8. The summed E-state index contributed by atoms with van der Waals surface area (Å²) < 4.78 is 11.1. The molecule has 1 saturated carbocycles. The Hall–Kier alpha value is -2.82. The molecular weight excluding hydrogens is 442 g/mol. The summed E-state index contributed by atoms with van der Waals surface area (Å²) in [5.41, 5.74) is 2.28. The largest absolute Gasteiger partial charge is 0.494 e. The van der Waals surface area contributed by atoms with Gasteiger partial charge in [-0.1, -0.05) is 16.7 Å². The van der Waals surface area contributed by atoms with Gasteiger partial charge in [0.25, 0.3) is 11.1 Å². The molecule has 2 atom stereocenters. The van der Waals surface area contributed by atoms with Gasteiger partial charge >= 0.3 is 0 Å². The van der Waals surface area contributed by atoms with E-state index >= 15 is 0 Å². The Bertz CT molecular complexity index is 1110. The number of hydrogen-bond acceptors (Lipinski definition) is 9. The highest BCUT2D eigenvalue weighted by Crippen LogP contribution is 2.34. The molecule has 0 spiro atoms. The van der Waals surface area contributed by atoms with Crippen molar-refractivity contribution in [3.05, 3.63) is 40.9 Å². The van der Waals surface area contributed by atoms with Gasteiger partial charge in [-0.3, -0.25) is 15.1 Å². The van der Waals surface area contributed by atoms with Crippen LogP contribution in [-0.4, -0.2) is 50.5 Å². The van der Waals surface area contributed by atoms with Crippen LogP contribution in [0.25, 0.3) is 11.1 Å². The van der Waals surface area contributed by atoms with Crippen molar-refractivity contribution in [1.82, 2.24) is 20.2 Å². The predicted molar refractivity (Wildman–Crippen MR) is 116 cm³/mol. The van der Waals surface area contributed by atoms with Gasteiger partial charge in [0, 0.05) is 29.4 Å². The summed E-state index contributed by atoms with van der Waals surface area (Å²) in [6.07, 6.45) is 4.59. The number of ether oxygens (including phenoxy) is 2. The second-order valence-corrected chi connectivity index (χ2v) is 8.44. The van der Waals surface area contributed by atoms with Crippen molar-refractivity contribution in [3.8, 4) is 22.1 Å². The fraction of sp³-hybridized carbons (Fsp3) is 0.350. The van der Waals surface area contributed by atoms with Gasteiger partial charge < -0.3 is 14.6 Å². The first kappa shape index (κ1) is 21.4. The third-order valence-electron chi connectivity index (χ3n) is 4.88. The maximum atomic E-state index is 13.0. The van der Waals surface area contributed by atoms with Gasteiger partial charge in [0.15, 0.2) is 0 Å². The van der Waals surface area contributed by atoms with Crippen LogP contribution < -0.4 is 14.8 Å². The van der Waals surface area contributed by atoms with Crippen molar-refractivity contribution in [2.24, 2.45) is 0 Å². The van der Waals surface area contributed by atoms with Gasteiger partial charge in [-0.2, -0.15) is 0 Å². The molecule has 0 saturated heterocycles. The molecular formula is C20H20ClN5O4S. The molecule has 1 amide bonds. The number of amides is 1. The van der Waals surface area contributed by atoms with E-state index in [1.807, 2.05) is 6.92 Å². The summed E-state index contributed by atoms with van der Waals surface area (Å²) in [4.78, 5) is 21.3. The standard InChI is InChI=1S/C20H20ClN5O4S/c1-10-5-13(14-7-17(21)23-9-16(14)29-2)15(8-22-10)18(28)24-19-25-26-20(31-19)30-12-4-3-11(27)6-12/h5,7-9,11-12,27H,3-4,6H2,1-2H3,(H,24,25,28)/t11-,12-/m0/s1. The maximum Gasteiger partial charge on any atom is 0.296 e. The number of carbonyl (C=O) groups is 1. The first-order valence-electron chi connectivity index (χ1n) is 9.59. The monoisotopic (exact) mass is 461 g/mol. The molecule has 1 aliphatic carbocycles. The molecule has 31 heavy (non-hydrogen) atoms. The van der Waals surface area contributed by atoms with Crippen LogP contribution in [0.2, 0.25) is 5.15 Å². The third-order valence-corrected chi connectivity index (χ3v) is 5.82. The highest BCUT2D eigenvalue weighted by molar-refractivity contribution is 7.17. The predicted octanol–water partition coefficient (Wildman–Crippen LogP) is 3.51. The minimum absolute atomic E-state index is 0.0942. The minimum Gasteiger partial charge on any atom is -0.494 e. The van der Waals surface area contributed by atoms with Gasteiger partial charge in [0.1, 0.15) is 17.0 Å². The molecule has 0 radical (unpaired) electrons. The average Bonchev–Trinajstić information content (AvgIpc) is 3.36. The molecule has 3 heterocycles. The van der Waals surface area contributed by atoms with E-state index in [0.29, 0.717) is 45.6 Å². The lowest BCUT2D eigenvalue weighted by Gasteiger charge is -2.13. The van der Waals surface area contributed by atoms with Crippen LogP contribution in [0.15, 0.2) is 24.5 Å². The molecule has 4 rings (SSSR count). The Morgan fingerprint density at radius 1 is 1.23 bits per heavy atom. The SMILES string of the molecule is COc1cnc(Cl)cc1-c1cc(C)ncc1C(=O)Nc1nnc(O[C@H]2CC[C@H](O)C2)s1. The van der Waals surface area contributed by atoms with E-state index < -0.39 is 5.91 Å². The number of pyridine rings is 2. The van der Waals surface area contributed by atoms with Crippen molar-refractivity contribution in [2.75, 3.05) is 12.4 Å². The fourth-order valence-electron chi connectivity index (χ4n) is 3.39. The number of nitrogens with zero attached hydrogens (tertiary/aromatic N) is 4. The van der Waals surface area contributed by atoms with Gasteiger partial charge in [-0.15, -0.1) is 5.10 Å². The minimum atomic E-state index is -0.406. The number of methoxy groups -OCH3 is 1. The maximum absolute atomic E-state index is 13.0. The number of nitrogens with one attached hydrogen (secondary N) is 1. The lowest BCUT2D eigenvalue weighted by atomic mass is 10.0. The molecule has 0 aromatic carbocycles. The summed E-state index contributed by atoms with van der Waals surface area (Å²) in [6.45, 7) is 1.83. The molecule has 0 bridgehead atoms. The van der Waals surface area contributed by atoms with E-state index in [2.05, 4.69) is 25.5 Å². The number of rotatable bonds is 6. The van der Waals surface area contributed by atoms with Crippen LogP contribution in [0.1, 0.15) is 35.3 Å². The Kier molecular flexibility index (Phi) is 6.30. The lowest BCUT2D eigenvalue weighted by Crippen LogP contribution is -2.14. The first-order chi connectivity index (χ1) is 14.9. The molecule has 9 nitrogen and oxygen atoms in total. The topological polar surface area (TPSA) is 119 Å². The summed E-state index contributed by atoms with van der Waals surface area (Å²) in [5.74, 6) is 0.0749. The quantitative estimate of drug-likeness (QED) is 0.535. The molecule has 1 aliphatic rings. The number of anilines is 1. The van der Waals surface area contributed by atoms with Crippen LogP contribution >= 0.6 is 22.9 Å². The van der Waals surface area contributed by atoms with Crippen LogP contribution in [0, 0.1) is 6.92 Å². The Morgan fingerprint density at radius 2 is 2.06 bits per heavy atom. The average molecular weight is 462 g/mol. The highest BCUT2D eigenvalue weighted by Gasteiger charge is 2.26. The number of aliphatic hydroxyl groups excluding tert-OH is 1. The zero-order valence-corrected chi connectivity index (χ0v) is 18.4. The molecule has 162 valence electrons. The van der Waals surface area contributed by atoms with Crippen molar-refractivity contribution in [2.45, 2.75) is 38.4 Å². The molecule has 0 unspecified atom stereocenters. The molecule has 2 N–H and O–H groups in total. The van der Waals surface area contributed by atoms with Gasteiger partial charge in [0.05, 0.1) is 25.0 Å². The summed E-state index contributed by atoms with van der Waals surface area (Å²) in [6, 6.07) is 3.42. The van der Waals surface area contributed by atoms with Crippen LogP contribution in [0.4, 0.5) is 5.13 Å². The summed E-state index contributed by atoms with van der Waals surface area (Å²) in [7, 11) is 1.52. The molecule has 1 fully saturated rings. The lowest BCUT2D eigenvalue weighted by molar-refractivity contribution is 0.102. The number of carbonyl (C=O) groups excluding carboxylic acids is 1. The first-order valence-corrected chi connectivity index (χ1v) is 10.8. The van der Waals surface area contributed by atoms with Crippen LogP contribution in [0.5, 0.6) is 10.9 Å². The number of hydrogen-bond donors (Lipinski definition) is 2. The molecule has 11 heteroatoms. The second kappa shape index (κ2) is 9.13. The van der Waals surface area contributed by atoms with E-state index in [4.69, 9.17) is 21.1 Å². The fourth-order valence-corrected chi connectivity index (χ4v) is 4.21. The van der Waals surface area contributed by atoms with Crippen molar-refractivity contribution >= 4 is 34.0 Å². The Morgan fingerprint density at radius 3 is 2.81 bits per heavy atom. The smallest absolute Gasteiger partial charge is 0.296 e. The summed E-state index contributed by atoms with van der Waals surface area (Å²) >= 11 is 7.20. The van der Waals surface area contributed by atoms with Gasteiger partial charge in [0.2, 0.25) is 5.13 Å².